The Morgan fingerprint density at radius 2 is 1.88 bits per heavy atom. The Hall–Kier alpha value is -3.89. The Kier molecular flexibility index (Phi) is 10.6. The number of hydrogen-bond donors (Lipinski definition) is 3. The molecule has 0 unspecified atom stereocenters. The third-order valence-electron chi connectivity index (χ3n) is 8.04. The maximum absolute atomic E-state index is 13.6. The van der Waals surface area contributed by atoms with Crippen molar-refractivity contribution in [3.8, 4) is 5.75 Å². The van der Waals surface area contributed by atoms with Gasteiger partial charge in [-0.25, -0.2) is 4.79 Å². The van der Waals surface area contributed by atoms with Crippen LogP contribution in [0.15, 0.2) is 24.3 Å². The third kappa shape index (κ3) is 7.89. The number of piperidine rings is 1. The largest absolute Gasteiger partial charge is 0.496 e. The molecule has 1 aromatic heterocycles. The van der Waals surface area contributed by atoms with Crippen molar-refractivity contribution in [1.29, 1.82) is 0 Å². The van der Waals surface area contributed by atoms with Gasteiger partial charge in [0.1, 0.15) is 5.75 Å². The summed E-state index contributed by atoms with van der Waals surface area (Å²) in [5.41, 5.74) is 1.12. The number of carbonyl (C=O) groups excluding carboxylic acids is 5. The zero-order chi connectivity index (χ0) is 30.2. The Morgan fingerprint density at radius 3 is 2.55 bits per heavy atom. The lowest BCUT2D eigenvalue weighted by Gasteiger charge is -2.27. The fraction of sp³-hybridized carbons (Fsp3) is 0.581. The number of aromatic nitrogens is 1. The molecule has 2 saturated heterocycles. The molecule has 3 heterocycles. The smallest absolute Gasteiger partial charge is 0.410 e. The molecule has 11 nitrogen and oxygen atoms in total. The molecule has 2 fully saturated rings. The van der Waals surface area contributed by atoms with Crippen molar-refractivity contribution in [2.75, 3.05) is 33.4 Å². The molecule has 0 saturated carbocycles. The van der Waals surface area contributed by atoms with Crippen molar-refractivity contribution < 1.29 is 33.4 Å². The van der Waals surface area contributed by atoms with Crippen LogP contribution in [0.2, 0.25) is 0 Å². The highest BCUT2D eigenvalue weighted by atomic mass is 16.6. The van der Waals surface area contributed by atoms with Crippen molar-refractivity contribution in [2.24, 2.45) is 17.8 Å². The average Bonchev–Trinajstić information content (AvgIpc) is 3.61. The van der Waals surface area contributed by atoms with Gasteiger partial charge < -0.3 is 30.0 Å². The second kappa shape index (κ2) is 14.3. The first kappa shape index (κ1) is 31.1. The van der Waals surface area contributed by atoms with Gasteiger partial charge in [-0.3, -0.25) is 19.2 Å². The molecule has 3 atom stereocenters. The second-order valence-corrected chi connectivity index (χ2v) is 11.7. The van der Waals surface area contributed by atoms with Gasteiger partial charge in [0, 0.05) is 48.8 Å². The number of hydrogen-bond acceptors (Lipinski definition) is 7. The summed E-state index contributed by atoms with van der Waals surface area (Å²) in [5, 5.41) is 6.35. The van der Waals surface area contributed by atoms with Crippen LogP contribution in [0, 0.1) is 17.8 Å². The minimum Gasteiger partial charge on any atom is -0.496 e. The standard InChI is InChI=1S/C31H42N4O7/c1-19(2)14-21(16-26(36)25-17-22-23(33-25)8-7-9-28(22)41-3)30(39)34-24(15-20-10-11-32-29(20)38)27(37)18-42-31(40)35-12-5-4-6-13-35/h7-9,17,19-21,24,33H,4-6,10-16,18H2,1-3H3,(H,32,38)(H,34,39)/t20-,21+,24-/m0/s1. The summed E-state index contributed by atoms with van der Waals surface area (Å²) in [5.74, 6) is -1.72. The third-order valence-corrected chi connectivity index (χ3v) is 8.04. The van der Waals surface area contributed by atoms with E-state index in [1.807, 2.05) is 32.0 Å². The highest BCUT2D eigenvalue weighted by Crippen LogP contribution is 2.28. The van der Waals surface area contributed by atoms with Gasteiger partial charge in [0.05, 0.1) is 18.8 Å². The zero-order valence-corrected chi connectivity index (χ0v) is 24.7. The number of fused-ring (bicyclic) bond motifs is 1. The van der Waals surface area contributed by atoms with Gasteiger partial charge in [0.15, 0.2) is 18.2 Å². The molecular weight excluding hydrogens is 540 g/mol. The molecule has 0 radical (unpaired) electrons. The second-order valence-electron chi connectivity index (χ2n) is 11.7. The van der Waals surface area contributed by atoms with E-state index >= 15 is 0 Å². The summed E-state index contributed by atoms with van der Waals surface area (Å²) in [6.45, 7) is 5.10. The van der Waals surface area contributed by atoms with Crippen molar-refractivity contribution >= 4 is 40.4 Å². The van der Waals surface area contributed by atoms with Gasteiger partial charge in [-0.1, -0.05) is 19.9 Å². The van der Waals surface area contributed by atoms with Crippen LogP contribution in [0.5, 0.6) is 5.75 Å². The lowest BCUT2D eigenvalue weighted by atomic mass is 9.89. The topological polar surface area (TPSA) is 147 Å². The van der Waals surface area contributed by atoms with Crippen LogP contribution in [0.1, 0.15) is 69.3 Å². The molecule has 2 aliphatic heterocycles. The Morgan fingerprint density at radius 1 is 1.12 bits per heavy atom. The quantitative estimate of drug-likeness (QED) is 0.306. The number of Topliss-reactive ketones (excluding diaryl/α,β-unsaturated/α-hetero) is 2. The number of methoxy groups -OCH3 is 1. The minimum absolute atomic E-state index is 0.0616. The molecule has 1 aromatic carbocycles. The van der Waals surface area contributed by atoms with Crippen LogP contribution in [-0.2, 0) is 19.1 Å². The van der Waals surface area contributed by atoms with E-state index in [1.165, 1.54) is 0 Å². The minimum atomic E-state index is -1.03. The number of likely N-dealkylation sites (tertiary alicyclic amines) is 1. The van der Waals surface area contributed by atoms with Crippen LogP contribution < -0.4 is 15.4 Å². The molecule has 228 valence electrons. The number of carbonyl (C=O) groups is 5. The number of nitrogens with zero attached hydrogens (tertiary/aromatic N) is 1. The van der Waals surface area contributed by atoms with Gasteiger partial charge >= 0.3 is 6.09 Å². The first-order valence-electron chi connectivity index (χ1n) is 14.9. The zero-order valence-electron chi connectivity index (χ0n) is 24.7. The van der Waals surface area contributed by atoms with E-state index < -0.39 is 42.3 Å². The number of benzene rings is 1. The lowest BCUT2D eigenvalue weighted by Crippen LogP contribution is -2.47. The molecule has 0 spiro atoms. The monoisotopic (exact) mass is 582 g/mol. The van der Waals surface area contributed by atoms with Gasteiger partial charge in [-0.05, 0) is 62.6 Å². The predicted molar refractivity (Wildman–Crippen MR) is 156 cm³/mol. The van der Waals surface area contributed by atoms with E-state index in [1.54, 1.807) is 18.1 Å². The summed E-state index contributed by atoms with van der Waals surface area (Å²) in [6, 6.07) is 6.18. The van der Waals surface area contributed by atoms with Crippen LogP contribution in [-0.4, -0.2) is 78.8 Å². The Balaban J connectivity index is 1.46. The van der Waals surface area contributed by atoms with Gasteiger partial charge in [0.25, 0.3) is 0 Å². The van der Waals surface area contributed by atoms with E-state index in [2.05, 4.69) is 15.6 Å². The molecule has 3 N–H and O–H groups in total. The summed E-state index contributed by atoms with van der Waals surface area (Å²) in [7, 11) is 1.56. The Labute approximate surface area is 246 Å². The van der Waals surface area contributed by atoms with Crippen molar-refractivity contribution in [3.05, 3.63) is 30.0 Å². The van der Waals surface area contributed by atoms with Crippen molar-refractivity contribution in [1.82, 2.24) is 20.5 Å². The number of amides is 3. The van der Waals surface area contributed by atoms with E-state index in [9.17, 15) is 24.0 Å². The van der Waals surface area contributed by atoms with E-state index in [0.717, 1.165) is 30.2 Å². The molecule has 0 aliphatic carbocycles. The fourth-order valence-electron chi connectivity index (χ4n) is 5.76. The number of nitrogens with one attached hydrogen (secondary N) is 3. The fourth-order valence-corrected chi connectivity index (χ4v) is 5.76. The normalized spacial score (nSPS) is 18.4. The molecule has 4 rings (SSSR count). The van der Waals surface area contributed by atoms with Crippen LogP contribution >= 0.6 is 0 Å². The predicted octanol–water partition coefficient (Wildman–Crippen LogP) is 3.61. The number of ether oxygens (including phenoxy) is 2. The molecular formula is C31H42N4O7. The van der Waals surface area contributed by atoms with Crippen LogP contribution in [0.25, 0.3) is 10.9 Å². The molecule has 0 bridgehead atoms. The van der Waals surface area contributed by atoms with Crippen LogP contribution in [0.3, 0.4) is 0 Å². The highest BCUT2D eigenvalue weighted by Gasteiger charge is 2.34. The number of rotatable bonds is 13. The van der Waals surface area contributed by atoms with Gasteiger partial charge in [-0.15, -0.1) is 0 Å². The number of ketones is 2. The van der Waals surface area contributed by atoms with Crippen LogP contribution in [0.4, 0.5) is 4.79 Å². The average molecular weight is 583 g/mol. The first-order valence-corrected chi connectivity index (χ1v) is 14.9. The SMILES string of the molecule is COc1cccc2[nH]c(C(=O)C[C@@H](CC(C)C)C(=O)N[C@@H](C[C@@H]3CCNC3=O)C(=O)COC(=O)N3CCCCC3)cc12. The maximum atomic E-state index is 13.6. The number of H-pyrrole nitrogens is 1. The molecule has 3 amide bonds. The van der Waals surface area contributed by atoms with Crippen molar-refractivity contribution in [3.63, 3.8) is 0 Å². The maximum Gasteiger partial charge on any atom is 0.410 e. The first-order chi connectivity index (χ1) is 20.2. The molecule has 2 aromatic rings. The summed E-state index contributed by atoms with van der Waals surface area (Å²) >= 11 is 0. The van der Waals surface area contributed by atoms with Gasteiger partial charge in [0.2, 0.25) is 11.8 Å². The Bertz CT molecular complexity index is 1300. The molecule has 11 heteroatoms. The van der Waals surface area contributed by atoms with E-state index in [-0.39, 0.29) is 30.4 Å². The summed E-state index contributed by atoms with van der Waals surface area (Å²) in [6.07, 6.45) is 3.29. The molecule has 2 aliphatic rings. The molecule has 42 heavy (non-hydrogen) atoms. The summed E-state index contributed by atoms with van der Waals surface area (Å²) < 4.78 is 10.7. The van der Waals surface area contributed by atoms with Gasteiger partial charge in [-0.2, -0.15) is 0 Å². The number of aromatic amines is 1. The lowest BCUT2D eigenvalue weighted by molar-refractivity contribution is -0.133. The highest BCUT2D eigenvalue weighted by molar-refractivity contribution is 6.02. The van der Waals surface area contributed by atoms with E-state index in [0.29, 0.717) is 43.9 Å². The van der Waals surface area contributed by atoms with Crippen molar-refractivity contribution in [2.45, 2.75) is 64.8 Å². The summed E-state index contributed by atoms with van der Waals surface area (Å²) in [4.78, 5) is 69.7. The van der Waals surface area contributed by atoms with E-state index in [4.69, 9.17) is 9.47 Å².